The van der Waals surface area contributed by atoms with E-state index in [1.807, 2.05) is 41.4 Å². The van der Waals surface area contributed by atoms with Gasteiger partial charge in [0.15, 0.2) is 0 Å². The van der Waals surface area contributed by atoms with Gasteiger partial charge in [-0.05, 0) is 31.5 Å². The van der Waals surface area contributed by atoms with Crippen LogP contribution in [0.2, 0.25) is 0 Å². The number of carbonyl (C=O) groups is 1. The van der Waals surface area contributed by atoms with Crippen molar-refractivity contribution in [1.29, 1.82) is 0 Å². The molecule has 1 fully saturated rings. The van der Waals surface area contributed by atoms with Gasteiger partial charge in [0.25, 0.3) is 0 Å². The van der Waals surface area contributed by atoms with E-state index in [9.17, 15) is 4.79 Å². The Morgan fingerprint density at radius 1 is 1.12 bits per heavy atom. The zero-order valence-corrected chi connectivity index (χ0v) is 14.7. The number of fused-ring (bicyclic) bond motifs is 1. The topological polar surface area (TPSA) is 41.4 Å². The fraction of sp³-hybridized carbons (Fsp3) is 0.500. The van der Waals surface area contributed by atoms with Gasteiger partial charge in [0.05, 0.1) is 13.0 Å². The minimum atomic E-state index is 0.203. The summed E-state index contributed by atoms with van der Waals surface area (Å²) in [5.41, 5.74) is 1.08. The second-order valence-electron chi connectivity index (χ2n) is 7.31. The number of benzene rings is 1. The predicted octanol–water partition coefficient (Wildman–Crippen LogP) is 2.18. The third kappa shape index (κ3) is 3.93. The lowest BCUT2D eigenvalue weighted by atomic mass is 10.1. The van der Waals surface area contributed by atoms with Crippen LogP contribution < -0.4 is 0 Å². The highest BCUT2D eigenvalue weighted by Gasteiger charge is 2.27. The number of hydrogen-bond acceptors (Lipinski definition) is 3. The fourth-order valence-electron chi connectivity index (χ4n) is 4.06. The van der Waals surface area contributed by atoms with E-state index in [1.165, 1.54) is 25.9 Å². The molecule has 25 heavy (non-hydrogen) atoms. The van der Waals surface area contributed by atoms with Gasteiger partial charge < -0.3 is 14.4 Å². The van der Waals surface area contributed by atoms with Gasteiger partial charge in [0.2, 0.25) is 5.91 Å². The van der Waals surface area contributed by atoms with Crippen molar-refractivity contribution in [3.05, 3.63) is 54.1 Å². The maximum Gasteiger partial charge on any atom is 0.227 e. The highest BCUT2D eigenvalue weighted by Crippen LogP contribution is 2.19. The second kappa shape index (κ2) is 7.40. The molecule has 2 aromatic rings. The molecule has 5 heteroatoms. The Morgan fingerprint density at radius 3 is 2.72 bits per heavy atom. The Labute approximate surface area is 149 Å². The third-order valence-corrected chi connectivity index (χ3v) is 5.33. The van der Waals surface area contributed by atoms with Crippen LogP contribution in [0.3, 0.4) is 0 Å². The van der Waals surface area contributed by atoms with E-state index in [2.05, 4.69) is 20.6 Å². The summed E-state index contributed by atoms with van der Waals surface area (Å²) < 4.78 is 2.23. The average Bonchev–Trinajstić information content (AvgIpc) is 3.24. The van der Waals surface area contributed by atoms with Gasteiger partial charge in [-0.1, -0.05) is 30.3 Å². The van der Waals surface area contributed by atoms with Crippen molar-refractivity contribution in [2.75, 3.05) is 26.2 Å². The molecule has 0 saturated carbocycles. The second-order valence-corrected chi connectivity index (χ2v) is 7.31. The lowest BCUT2D eigenvalue weighted by Gasteiger charge is -2.27. The number of imidazole rings is 1. The Balaban J connectivity index is 1.49. The van der Waals surface area contributed by atoms with Gasteiger partial charge in [-0.2, -0.15) is 0 Å². The molecule has 1 amide bonds. The van der Waals surface area contributed by atoms with Crippen LogP contribution in [0.15, 0.2) is 42.7 Å². The summed E-state index contributed by atoms with van der Waals surface area (Å²) >= 11 is 0. The van der Waals surface area contributed by atoms with Crippen LogP contribution in [0.1, 0.15) is 24.2 Å². The summed E-state index contributed by atoms with van der Waals surface area (Å²) in [6, 6.07) is 10.0. The molecule has 4 rings (SSSR count). The number of rotatable bonds is 4. The molecule has 1 saturated heterocycles. The van der Waals surface area contributed by atoms with E-state index in [1.54, 1.807) is 0 Å². The van der Waals surface area contributed by atoms with Gasteiger partial charge in [0.1, 0.15) is 5.82 Å². The Kier molecular flexibility index (Phi) is 4.83. The van der Waals surface area contributed by atoms with E-state index in [-0.39, 0.29) is 5.91 Å². The lowest BCUT2D eigenvalue weighted by Crippen LogP contribution is -2.39. The fourth-order valence-corrected chi connectivity index (χ4v) is 4.06. The Hall–Kier alpha value is -2.14. The summed E-state index contributed by atoms with van der Waals surface area (Å²) in [6.07, 6.45) is 6.99. The Bertz CT molecular complexity index is 705. The van der Waals surface area contributed by atoms with Crippen LogP contribution in [0.4, 0.5) is 0 Å². The van der Waals surface area contributed by atoms with Gasteiger partial charge in [-0.3, -0.25) is 4.79 Å². The van der Waals surface area contributed by atoms with Gasteiger partial charge in [-0.25, -0.2) is 4.98 Å². The molecule has 0 N–H and O–H groups in total. The maximum absolute atomic E-state index is 12.9. The largest absolute Gasteiger partial charge is 0.335 e. The van der Waals surface area contributed by atoms with Crippen molar-refractivity contribution in [2.24, 2.45) is 5.92 Å². The normalized spacial score (nSPS) is 21.1. The zero-order valence-electron chi connectivity index (χ0n) is 14.7. The van der Waals surface area contributed by atoms with Crippen LogP contribution >= 0.6 is 0 Å². The summed E-state index contributed by atoms with van der Waals surface area (Å²) in [4.78, 5) is 21.9. The number of carbonyl (C=O) groups excluding carboxylic acids is 1. The van der Waals surface area contributed by atoms with Crippen LogP contribution in [-0.4, -0.2) is 51.4 Å². The van der Waals surface area contributed by atoms with Gasteiger partial charge >= 0.3 is 0 Å². The van der Waals surface area contributed by atoms with Crippen molar-refractivity contribution >= 4 is 5.91 Å². The van der Waals surface area contributed by atoms with E-state index in [0.29, 0.717) is 18.9 Å². The van der Waals surface area contributed by atoms with Gasteiger partial charge in [-0.15, -0.1) is 0 Å². The molecular formula is C20H26N4O. The maximum atomic E-state index is 12.9. The molecule has 2 aliphatic rings. The number of hydrogen-bond donors (Lipinski definition) is 0. The molecule has 0 spiro atoms. The monoisotopic (exact) mass is 338 g/mol. The van der Waals surface area contributed by atoms with Crippen LogP contribution in [0.5, 0.6) is 0 Å². The van der Waals surface area contributed by atoms with Gasteiger partial charge in [0, 0.05) is 37.9 Å². The minimum Gasteiger partial charge on any atom is -0.335 e. The standard InChI is InChI=1S/C20H26N4O/c25-20(12-17-6-2-1-3-7-17)24-15-18(13-22-9-4-5-10-22)14-23-11-8-21-19(23)16-24/h1-3,6-8,11,18H,4-5,9-10,12-16H2/t18-/m0/s1. The molecule has 2 aliphatic heterocycles. The van der Waals surface area contributed by atoms with E-state index >= 15 is 0 Å². The lowest BCUT2D eigenvalue weighted by molar-refractivity contribution is -0.131. The zero-order chi connectivity index (χ0) is 17.1. The number of aromatic nitrogens is 2. The van der Waals surface area contributed by atoms with Crippen LogP contribution in [0.25, 0.3) is 0 Å². The van der Waals surface area contributed by atoms with E-state index < -0.39 is 0 Å². The first-order chi connectivity index (χ1) is 12.3. The first-order valence-corrected chi connectivity index (χ1v) is 9.32. The molecule has 1 atom stereocenters. The number of amides is 1. The third-order valence-electron chi connectivity index (χ3n) is 5.33. The first kappa shape index (κ1) is 16.3. The van der Waals surface area contributed by atoms with Crippen molar-refractivity contribution in [1.82, 2.24) is 19.4 Å². The Morgan fingerprint density at radius 2 is 1.92 bits per heavy atom. The molecule has 1 aromatic carbocycles. The SMILES string of the molecule is O=C(Cc1ccccc1)N1Cc2nccn2C[C@H](CN2CCCC2)C1. The quantitative estimate of drug-likeness (QED) is 0.858. The number of nitrogens with zero attached hydrogens (tertiary/aromatic N) is 4. The smallest absolute Gasteiger partial charge is 0.227 e. The summed E-state index contributed by atoms with van der Waals surface area (Å²) in [7, 11) is 0. The summed E-state index contributed by atoms with van der Waals surface area (Å²) in [5.74, 6) is 1.67. The van der Waals surface area contributed by atoms with Crippen molar-refractivity contribution < 1.29 is 4.79 Å². The molecule has 0 bridgehead atoms. The predicted molar refractivity (Wildman–Crippen MR) is 97.0 cm³/mol. The summed E-state index contributed by atoms with van der Waals surface area (Å²) in [5, 5.41) is 0. The van der Waals surface area contributed by atoms with Crippen molar-refractivity contribution in [3.8, 4) is 0 Å². The summed E-state index contributed by atoms with van der Waals surface area (Å²) in [6.45, 7) is 5.88. The molecule has 0 unspecified atom stereocenters. The van der Waals surface area contributed by atoms with E-state index in [0.717, 1.165) is 31.0 Å². The first-order valence-electron chi connectivity index (χ1n) is 9.32. The molecular weight excluding hydrogens is 312 g/mol. The van der Waals surface area contributed by atoms with E-state index in [4.69, 9.17) is 0 Å². The molecule has 5 nitrogen and oxygen atoms in total. The number of likely N-dealkylation sites (tertiary alicyclic amines) is 1. The molecule has 0 aliphatic carbocycles. The van der Waals surface area contributed by atoms with Crippen LogP contribution in [0, 0.1) is 5.92 Å². The molecule has 3 heterocycles. The van der Waals surface area contributed by atoms with Crippen molar-refractivity contribution in [2.45, 2.75) is 32.4 Å². The average molecular weight is 338 g/mol. The highest BCUT2D eigenvalue weighted by molar-refractivity contribution is 5.78. The van der Waals surface area contributed by atoms with Crippen molar-refractivity contribution in [3.63, 3.8) is 0 Å². The molecule has 0 radical (unpaired) electrons. The minimum absolute atomic E-state index is 0.203. The van der Waals surface area contributed by atoms with Crippen LogP contribution in [-0.2, 0) is 24.3 Å². The molecule has 132 valence electrons. The molecule has 1 aromatic heterocycles. The highest BCUT2D eigenvalue weighted by atomic mass is 16.2.